The summed E-state index contributed by atoms with van der Waals surface area (Å²) in [5.41, 5.74) is 2.84. The van der Waals surface area contributed by atoms with Crippen molar-refractivity contribution in [1.29, 1.82) is 0 Å². The highest BCUT2D eigenvalue weighted by atomic mass is 16.5. The molecule has 4 rings (SSSR count). The van der Waals surface area contributed by atoms with Gasteiger partial charge in [-0.15, -0.1) is 5.10 Å². The van der Waals surface area contributed by atoms with Crippen LogP contribution >= 0.6 is 0 Å². The van der Waals surface area contributed by atoms with E-state index in [4.69, 9.17) is 9.26 Å². The molecule has 4 aromatic heterocycles. The van der Waals surface area contributed by atoms with E-state index in [1.165, 1.54) is 6.20 Å². The molecule has 0 aliphatic carbocycles. The van der Waals surface area contributed by atoms with Crippen molar-refractivity contribution in [3.63, 3.8) is 0 Å². The van der Waals surface area contributed by atoms with Crippen LogP contribution in [0.3, 0.4) is 0 Å². The van der Waals surface area contributed by atoms with E-state index in [2.05, 4.69) is 30.8 Å². The first-order chi connectivity index (χ1) is 15.2. The van der Waals surface area contributed by atoms with Crippen molar-refractivity contribution < 1.29 is 14.1 Å². The second-order valence-corrected chi connectivity index (χ2v) is 8.27. The van der Waals surface area contributed by atoms with Gasteiger partial charge in [0.2, 0.25) is 0 Å². The highest BCUT2D eigenvalue weighted by Crippen LogP contribution is 2.25. The van der Waals surface area contributed by atoms with E-state index in [1.54, 1.807) is 42.5 Å². The maximum atomic E-state index is 12.8. The summed E-state index contributed by atoms with van der Waals surface area (Å²) in [6, 6.07) is 5.23. The van der Waals surface area contributed by atoms with E-state index in [0.29, 0.717) is 40.0 Å². The molecule has 164 valence electrons. The number of aromatic nitrogens is 6. The fourth-order valence-electron chi connectivity index (χ4n) is 2.94. The number of rotatable bonds is 5. The Kier molecular flexibility index (Phi) is 5.43. The summed E-state index contributed by atoms with van der Waals surface area (Å²) in [5.74, 6) is 1.29. The molecule has 0 saturated heterocycles. The number of nitrogens with zero attached hydrogens (tertiary/aromatic N) is 6. The zero-order valence-corrected chi connectivity index (χ0v) is 18.4. The minimum absolute atomic E-state index is 0.211. The Balaban J connectivity index is 1.58. The molecule has 0 aromatic carbocycles. The van der Waals surface area contributed by atoms with Crippen molar-refractivity contribution in [2.24, 2.45) is 0 Å². The fraction of sp³-hybridized carbons (Fsp3) is 0.273. The van der Waals surface area contributed by atoms with Gasteiger partial charge < -0.3 is 14.6 Å². The van der Waals surface area contributed by atoms with Crippen molar-refractivity contribution in [3.05, 3.63) is 60.0 Å². The molecule has 10 heteroatoms. The van der Waals surface area contributed by atoms with Crippen LogP contribution in [0.2, 0.25) is 0 Å². The average molecular weight is 433 g/mol. The third kappa shape index (κ3) is 4.34. The monoisotopic (exact) mass is 433 g/mol. The van der Waals surface area contributed by atoms with Gasteiger partial charge in [-0.2, -0.15) is 0 Å². The maximum absolute atomic E-state index is 12.8. The van der Waals surface area contributed by atoms with Crippen LogP contribution in [0.1, 0.15) is 42.6 Å². The summed E-state index contributed by atoms with van der Waals surface area (Å²) < 4.78 is 12.1. The molecule has 0 spiro atoms. The average Bonchev–Trinajstić information content (AvgIpc) is 3.44. The first-order valence-electron chi connectivity index (χ1n) is 9.92. The Morgan fingerprint density at radius 3 is 2.69 bits per heavy atom. The van der Waals surface area contributed by atoms with E-state index >= 15 is 0 Å². The molecule has 0 radical (unpaired) electrons. The quantitative estimate of drug-likeness (QED) is 0.507. The summed E-state index contributed by atoms with van der Waals surface area (Å²) >= 11 is 0. The summed E-state index contributed by atoms with van der Waals surface area (Å²) in [6.45, 7) is 7.84. The predicted octanol–water partition coefficient (Wildman–Crippen LogP) is 3.58. The molecule has 4 heterocycles. The summed E-state index contributed by atoms with van der Waals surface area (Å²) in [7, 11) is 1.58. The van der Waals surface area contributed by atoms with Gasteiger partial charge in [-0.05, 0) is 19.1 Å². The Morgan fingerprint density at radius 2 is 1.97 bits per heavy atom. The lowest BCUT2D eigenvalue weighted by atomic mass is 9.93. The van der Waals surface area contributed by atoms with Crippen molar-refractivity contribution in [2.45, 2.75) is 33.1 Å². The highest BCUT2D eigenvalue weighted by molar-refractivity contribution is 6.03. The minimum Gasteiger partial charge on any atom is -0.495 e. The van der Waals surface area contributed by atoms with Gasteiger partial charge >= 0.3 is 0 Å². The normalized spacial score (nSPS) is 11.4. The molecule has 1 N–H and O–H groups in total. The van der Waals surface area contributed by atoms with Gasteiger partial charge in [0.15, 0.2) is 5.82 Å². The smallest absolute Gasteiger partial charge is 0.258 e. The van der Waals surface area contributed by atoms with E-state index in [0.717, 1.165) is 5.56 Å². The van der Waals surface area contributed by atoms with Crippen molar-refractivity contribution in [1.82, 2.24) is 30.1 Å². The maximum Gasteiger partial charge on any atom is 0.258 e. The number of carbonyl (C=O) groups is 1. The number of nitrogens with one attached hydrogen (secondary N) is 1. The topological polar surface area (TPSA) is 121 Å². The lowest BCUT2D eigenvalue weighted by molar-refractivity contribution is 0.102. The highest BCUT2D eigenvalue weighted by Gasteiger charge is 2.21. The number of ether oxygens (including phenoxy) is 1. The van der Waals surface area contributed by atoms with Crippen LogP contribution in [0.15, 0.2) is 47.5 Å². The van der Waals surface area contributed by atoms with Crippen LogP contribution in [0.5, 0.6) is 5.75 Å². The number of anilines is 1. The number of hydrogen-bond donors (Lipinski definition) is 1. The van der Waals surface area contributed by atoms with Crippen LogP contribution in [0.25, 0.3) is 16.9 Å². The Bertz CT molecular complexity index is 1270. The third-order valence-electron chi connectivity index (χ3n) is 4.80. The van der Waals surface area contributed by atoms with Crippen LogP contribution in [-0.2, 0) is 5.41 Å². The first kappa shape index (κ1) is 21.2. The predicted molar refractivity (Wildman–Crippen MR) is 117 cm³/mol. The number of carbonyl (C=O) groups excluding carboxylic acids is 1. The number of amides is 1. The molecule has 1 amide bonds. The molecule has 0 unspecified atom stereocenters. The standard InChI is InChI=1S/C22H23N7O3/c1-13-18(29-12-17(26-28-29)14-6-16(31-5)11-23-9-14)7-15(10-24-13)21(30)25-20-8-19(32-27-20)22(2,3)4/h6-12H,1-5H3,(H,25,27,30). The minimum atomic E-state index is -0.357. The lowest BCUT2D eigenvalue weighted by Gasteiger charge is -2.12. The van der Waals surface area contributed by atoms with Gasteiger partial charge in [0.05, 0.1) is 36.4 Å². The Morgan fingerprint density at radius 1 is 1.16 bits per heavy atom. The van der Waals surface area contributed by atoms with Gasteiger partial charge in [0.1, 0.15) is 17.2 Å². The number of hydrogen-bond acceptors (Lipinski definition) is 8. The van der Waals surface area contributed by atoms with Gasteiger partial charge in [0, 0.05) is 29.4 Å². The molecule has 0 fully saturated rings. The molecule has 4 aromatic rings. The van der Waals surface area contributed by atoms with E-state index in [1.807, 2.05) is 33.8 Å². The second kappa shape index (κ2) is 8.22. The third-order valence-corrected chi connectivity index (χ3v) is 4.80. The molecule has 0 bridgehead atoms. The van der Waals surface area contributed by atoms with Crippen LogP contribution in [-0.4, -0.2) is 43.1 Å². The number of pyridine rings is 2. The van der Waals surface area contributed by atoms with E-state index in [9.17, 15) is 4.79 Å². The number of methoxy groups -OCH3 is 1. The molecule has 32 heavy (non-hydrogen) atoms. The molecule has 0 atom stereocenters. The van der Waals surface area contributed by atoms with Gasteiger partial charge in [-0.1, -0.05) is 31.1 Å². The van der Waals surface area contributed by atoms with Crippen molar-refractivity contribution in [2.75, 3.05) is 12.4 Å². The molecular weight excluding hydrogens is 410 g/mol. The van der Waals surface area contributed by atoms with Gasteiger partial charge in [0.25, 0.3) is 5.91 Å². The van der Waals surface area contributed by atoms with Crippen LogP contribution in [0.4, 0.5) is 5.82 Å². The summed E-state index contributed by atoms with van der Waals surface area (Å²) in [4.78, 5) is 21.3. The van der Waals surface area contributed by atoms with Crippen LogP contribution in [0, 0.1) is 6.92 Å². The summed E-state index contributed by atoms with van der Waals surface area (Å²) in [6.07, 6.45) is 6.54. The molecule has 0 saturated carbocycles. The first-order valence-corrected chi connectivity index (χ1v) is 9.92. The summed E-state index contributed by atoms with van der Waals surface area (Å²) in [5, 5.41) is 15.1. The largest absolute Gasteiger partial charge is 0.495 e. The van der Waals surface area contributed by atoms with E-state index in [-0.39, 0.29) is 11.3 Å². The molecule has 0 aliphatic rings. The zero-order valence-electron chi connectivity index (χ0n) is 18.4. The van der Waals surface area contributed by atoms with Gasteiger partial charge in [-0.25, -0.2) is 4.68 Å². The van der Waals surface area contributed by atoms with E-state index < -0.39 is 0 Å². The Labute approximate surface area is 184 Å². The molecular formula is C22H23N7O3. The fourth-order valence-corrected chi connectivity index (χ4v) is 2.94. The SMILES string of the molecule is COc1cncc(-c2cn(-c3cc(C(=O)Nc4cc(C(C)(C)C)on4)cnc3C)nn2)c1. The molecule has 10 nitrogen and oxygen atoms in total. The molecule has 0 aliphatic heterocycles. The lowest BCUT2D eigenvalue weighted by Crippen LogP contribution is -2.14. The van der Waals surface area contributed by atoms with Crippen LogP contribution < -0.4 is 10.1 Å². The zero-order chi connectivity index (χ0) is 22.9. The van der Waals surface area contributed by atoms with Crippen molar-refractivity contribution in [3.8, 4) is 22.7 Å². The second-order valence-electron chi connectivity index (χ2n) is 8.27. The number of aryl methyl sites for hydroxylation is 1. The van der Waals surface area contributed by atoms with Gasteiger partial charge in [-0.3, -0.25) is 14.8 Å². The van der Waals surface area contributed by atoms with Crippen molar-refractivity contribution >= 4 is 11.7 Å². The Hall–Kier alpha value is -4.08.